The van der Waals surface area contributed by atoms with Crippen LogP contribution < -0.4 is 5.32 Å². The van der Waals surface area contributed by atoms with Crippen LogP contribution in [-0.2, 0) is 9.59 Å². The molecule has 1 aromatic rings. The Morgan fingerprint density at radius 1 is 1.33 bits per heavy atom. The molecule has 2 atom stereocenters. The minimum Gasteiger partial charge on any atom is -0.481 e. The van der Waals surface area contributed by atoms with E-state index in [4.69, 9.17) is 16.7 Å². The number of carboxylic acid groups (broad SMARTS) is 1. The lowest BCUT2D eigenvalue weighted by Crippen LogP contribution is -2.31. The highest BCUT2D eigenvalue weighted by molar-refractivity contribution is 6.30. The Kier molecular flexibility index (Phi) is 5.39. The van der Waals surface area contributed by atoms with Crippen LogP contribution in [0.3, 0.4) is 0 Å². The summed E-state index contributed by atoms with van der Waals surface area (Å²) in [6.45, 7) is 0. The summed E-state index contributed by atoms with van der Waals surface area (Å²) >= 11 is 5.83. The summed E-state index contributed by atoms with van der Waals surface area (Å²) in [7, 11) is 0. The first-order valence-electron chi connectivity index (χ1n) is 6.98. The second-order valence-electron chi connectivity index (χ2n) is 5.24. The van der Waals surface area contributed by atoms with Crippen molar-refractivity contribution in [3.8, 4) is 0 Å². The molecule has 0 bridgehead atoms. The number of amides is 1. The standard InChI is InChI=1S/C16H18ClNO3/c17-13-7-5-12(6-8-13)14(10-16(20)21)18-15(19)9-11-3-1-2-4-11/h1,3,5-8,11,14H,2,4,9-10H2,(H,18,19)(H,20,21)/t11?,14-/m0/s1. The number of carboxylic acids is 1. The zero-order valence-electron chi connectivity index (χ0n) is 11.6. The monoisotopic (exact) mass is 307 g/mol. The molecular weight excluding hydrogens is 290 g/mol. The average Bonchev–Trinajstić information content (AvgIpc) is 2.91. The van der Waals surface area contributed by atoms with Gasteiger partial charge >= 0.3 is 5.97 Å². The van der Waals surface area contributed by atoms with E-state index in [1.54, 1.807) is 24.3 Å². The van der Waals surface area contributed by atoms with Crippen LogP contribution in [-0.4, -0.2) is 17.0 Å². The van der Waals surface area contributed by atoms with Crippen LogP contribution in [0.4, 0.5) is 0 Å². The molecule has 0 fully saturated rings. The van der Waals surface area contributed by atoms with E-state index in [1.807, 2.05) is 6.08 Å². The largest absolute Gasteiger partial charge is 0.481 e. The van der Waals surface area contributed by atoms with Gasteiger partial charge in [-0.15, -0.1) is 0 Å². The molecule has 0 radical (unpaired) electrons. The van der Waals surface area contributed by atoms with Gasteiger partial charge in [0.05, 0.1) is 12.5 Å². The van der Waals surface area contributed by atoms with Gasteiger partial charge in [0.15, 0.2) is 0 Å². The van der Waals surface area contributed by atoms with E-state index in [0.717, 1.165) is 18.4 Å². The van der Waals surface area contributed by atoms with Crippen molar-refractivity contribution in [2.75, 3.05) is 0 Å². The van der Waals surface area contributed by atoms with Crippen molar-refractivity contribution in [2.45, 2.75) is 31.7 Å². The smallest absolute Gasteiger partial charge is 0.305 e. The first-order valence-corrected chi connectivity index (χ1v) is 7.35. The number of carbonyl (C=O) groups is 2. The van der Waals surface area contributed by atoms with Gasteiger partial charge in [0.2, 0.25) is 5.91 Å². The average molecular weight is 308 g/mol. The molecule has 1 aliphatic carbocycles. The normalized spacial score (nSPS) is 18.4. The molecule has 2 N–H and O–H groups in total. The fourth-order valence-electron chi connectivity index (χ4n) is 2.48. The van der Waals surface area contributed by atoms with Crippen molar-refractivity contribution >= 4 is 23.5 Å². The molecule has 0 saturated carbocycles. The van der Waals surface area contributed by atoms with Crippen LogP contribution in [0.2, 0.25) is 5.02 Å². The second-order valence-corrected chi connectivity index (χ2v) is 5.68. The van der Waals surface area contributed by atoms with Gasteiger partial charge in [-0.1, -0.05) is 35.9 Å². The predicted octanol–water partition coefficient (Wildman–Crippen LogP) is 3.33. The molecule has 1 aromatic carbocycles. The maximum absolute atomic E-state index is 12.1. The van der Waals surface area contributed by atoms with E-state index in [2.05, 4.69) is 11.4 Å². The highest BCUT2D eigenvalue weighted by Gasteiger charge is 2.20. The lowest BCUT2D eigenvalue weighted by molar-refractivity contribution is -0.137. The van der Waals surface area contributed by atoms with Gasteiger partial charge in [0, 0.05) is 11.4 Å². The quantitative estimate of drug-likeness (QED) is 0.792. The SMILES string of the molecule is O=C(O)C[C@H](NC(=O)CC1C=CCC1)c1ccc(Cl)cc1. The maximum atomic E-state index is 12.1. The van der Waals surface area contributed by atoms with Crippen LogP contribution in [0.15, 0.2) is 36.4 Å². The summed E-state index contributed by atoms with van der Waals surface area (Å²) in [6, 6.07) is 6.34. The molecular formula is C16H18ClNO3. The van der Waals surface area contributed by atoms with Gasteiger partial charge < -0.3 is 10.4 Å². The fraction of sp³-hybridized carbons (Fsp3) is 0.375. The molecule has 21 heavy (non-hydrogen) atoms. The van der Waals surface area contributed by atoms with Crippen molar-refractivity contribution in [2.24, 2.45) is 5.92 Å². The lowest BCUT2D eigenvalue weighted by atomic mass is 10.0. The summed E-state index contributed by atoms with van der Waals surface area (Å²) in [4.78, 5) is 23.1. The van der Waals surface area contributed by atoms with E-state index in [9.17, 15) is 9.59 Å². The third-order valence-corrected chi connectivity index (χ3v) is 3.80. The molecule has 0 aliphatic heterocycles. The second kappa shape index (κ2) is 7.27. The first-order chi connectivity index (χ1) is 10.0. The first kappa shape index (κ1) is 15.6. The summed E-state index contributed by atoms with van der Waals surface area (Å²) in [5.41, 5.74) is 0.747. The van der Waals surface area contributed by atoms with Gasteiger partial charge in [-0.2, -0.15) is 0 Å². The molecule has 0 spiro atoms. The lowest BCUT2D eigenvalue weighted by Gasteiger charge is -2.18. The van der Waals surface area contributed by atoms with Crippen molar-refractivity contribution < 1.29 is 14.7 Å². The number of halogens is 1. The summed E-state index contributed by atoms with van der Waals surface area (Å²) in [5, 5.41) is 12.4. The summed E-state index contributed by atoms with van der Waals surface area (Å²) in [5.74, 6) is -0.801. The van der Waals surface area contributed by atoms with Crippen LogP contribution >= 0.6 is 11.6 Å². The van der Waals surface area contributed by atoms with E-state index in [0.29, 0.717) is 11.4 Å². The van der Waals surface area contributed by atoms with Gasteiger partial charge in [-0.3, -0.25) is 9.59 Å². The molecule has 2 rings (SSSR count). The minimum atomic E-state index is -0.948. The van der Waals surface area contributed by atoms with Gasteiger partial charge in [0.25, 0.3) is 0 Å². The van der Waals surface area contributed by atoms with Crippen molar-refractivity contribution in [1.29, 1.82) is 0 Å². The Balaban J connectivity index is 2.01. The van der Waals surface area contributed by atoms with Crippen molar-refractivity contribution in [3.05, 3.63) is 47.0 Å². The third-order valence-electron chi connectivity index (χ3n) is 3.55. The van der Waals surface area contributed by atoms with Gasteiger partial charge in [-0.25, -0.2) is 0 Å². The number of aliphatic carboxylic acids is 1. The molecule has 0 aromatic heterocycles. The Morgan fingerprint density at radius 2 is 2.05 bits per heavy atom. The number of carbonyl (C=O) groups excluding carboxylic acids is 1. The number of hydrogen-bond donors (Lipinski definition) is 2. The van der Waals surface area contributed by atoms with E-state index in [1.165, 1.54) is 0 Å². The highest BCUT2D eigenvalue weighted by Crippen LogP contribution is 2.23. The van der Waals surface area contributed by atoms with E-state index >= 15 is 0 Å². The van der Waals surface area contributed by atoms with Gasteiger partial charge in [-0.05, 0) is 36.5 Å². The summed E-state index contributed by atoms with van der Waals surface area (Å²) in [6.07, 6.45) is 6.37. The Bertz CT molecular complexity index is 539. The zero-order valence-corrected chi connectivity index (χ0v) is 12.3. The molecule has 112 valence electrons. The van der Waals surface area contributed by atoms with Crippen molar-refractivity contribution in [3.63, 3.8) is 0 Å². The molecule has 0 heterocycles. The van der Waals surface area contributed by atoms with Gasteiger partial charge in [0.1, 0.15) is 0 Å². The highest BCUT2D eigenvalue weighted by atomic mass is 35.5. The van der Waals surface area contributed by atoms with Crippen LogP contribution in [0.1, 0.15) is 37.3 Å². The molecule has 4 nitrogen and oxygen atoms in total. The van der Waals surface area contributed by atoms with Crippen LogP contribution in [0, 0.1) is 5.92 Å². The van der Waals surface area contributed by atoms with Crippen molar-refractivity contribution in [1.82, 2.24) is 5.32 Å². The molecule has 1 aliphatic rings. The maximum Gasteiger partial charge on any atom is 0.305 e. The number of hydrogen-bond acceptors (Lipinski definition) is 2. The van der Waals surface area contributed by atoms with Crippen LogP contribution in [0.5, 0.6) is 0 Å². The van der Waals surface area contributed by atoms with E-state index in [-0.39, 0.29) is 18.2 Å². The topological polar surface area (TPSA) is 66.4 Å². The predicted molar refractivity (Wildman–Crippen MR) is 81.1 cm³/mol. The number of rotatable bonds is 6. The zero-order chi connectivity index (χ0) is 15.2. The number of allylic oxidation sites excluding steroid dienone is 2. The van der Waals surface area contributed by atoms with Crippen LogP contribution in [0.25, 0.3) is 0 Å². The molecule has 5 heteroatoms. The Morgan fingerprint density at radius 3 is 2.62 bits per heavy atom. The summed E-state index contributed by atoms with van der Waals surface area (Å²) < 4.78 is 0. The number of benzene rings is 1. The Hall–Kier alpha value is -1.81. The number of nitrogens with one attached hydrogen (secondary N) is 1. The third kappa shape index (κ3) is 4.90. The molecule has 0 saturated heterocycles. The molecule has 1 amide bonds. The fourth-order valence-corrected chi connectivity index (χ4v) is 2.60. The Labute approximate surface area is 128 Å². The van der Waals surface area contributed by atoms with E-state index < -0.39 is 12.0 Å². The molecule has 1 unspecified atom stereocenters. The minimum absolute atomic E-state index is 0.118.